The van der Waals surface area contributed by atoms with Gasteiger partial charge in [0.2, 0.25) is 0 Å². The van der Waals surface area contributed by atoms with Crippen molar-refractivity contribution in [2.45, 2.75) is 42.9 Å². The average Bonchev–Trinajstić information content (AvgIpc) is 3.40. The van der Waals surface area contributed by atoms with Crippen molar-refractivity contribution in [1.29, 1.82) is 0 Å². The summed E-state index contributed by atoms with van der Waals surface area (Å²) in [4.78, 5) is 12.0. The first-order valence-electron chi connectivity index (χ1n) is 11.3. The third-order valence-electron chi connectivity index (χ3n) is 6.34. The third kappa shape index (κ3) is 4.71. The summed E-state index contributed by atoms with van der Waals surface area (Å²) in [6.45, 7) is -0.0201. The molecule has 2 N–H and O–H groups in total. The molecule has 5 unspecified atom stereocenters. The van der Waals surface area contributed by atoms with Crippen LogP contribution in [-0.4, -0.2) is 75.4 Å². The van der Waals surface area contributed by atoms with Crippen molar-refractivity contribution in [3.05, 3.63) is 71.7 Å². The van der Waals surface area contributed by atoms with Crippen LogP contribution in [-0.2, 0) is 23.7 Å². The van der Waals surface area contributed by atoms with E-state index in [0.717, 1.165) is 19.2 Å². The van der Waals surface area contributed by atoms with Gasteiger partial charge in [0.25, 0.3) is 0 Å². The molecule has 1 aromatic heterocycles. The number of methoxy groups -OCH3 is 1. The zero-order valence-corrected chi connectivity index (χ0v) is 19.3. The molecule has 10 nitrogen and oxygen atoms in total. The second-order valence-electron chi connectivity index (χ2n) is 8.60. The van der Waals surface area contributed by atoms with Crippen LogP contribution in [0.5, 0.6) is 0 Å². The Hall–Kier alpha value is -3.36. The Balaban J connectivity index is 1.51. The van der Waals surface area contributed by atoms with Gasteiger partial charge in [-0.05, 0) is 12.1 Å². The normalized spacial score (nSPS) is 28.4. The number of carbonyl (C=O) groups excluding carboxylic acids is 1. The highest BCUT2D eigenvalue weighted by Gasteiger charge is 2.53. The summed E-state index contributed by atoms with van der Waals surface area (Å²) >= 11 is 0. The Kier molecular flexibility index (Phi) is 6.96. The van der Waals surface area contributed by atoms with Crippen LogP contribution in [0.25, 0.3) is 11.3 Å². The van der Waals surface area contributed by atoms with Gasteiger partial charge in [0.05, 0.1) is 19.9 Å². The van der Waals surface area contributed by atoms with Crippen LogP contribution in [0.2, 0.25) is 0 Å². The Morgan fingerprint density at radius 3 is 2.54 bits per heavy atom. The van der Waals surface area contributed by atoms with Crippen molar-refractivity contribution >= 4 is 5.97 Å². The second-order valence-corrected chi connectivity index (χ2v) is 8.60. The largest absolute Gasteiger partial charge is 0.467 e. The van der Waals surface area contributed by atoms with Crippen molar-refractivity contribution in [3.63, 3.8) is 0 Å². The number of halogens is 3. The molecular weight excluding hydrogens is 499 g/mol. The highest BCUT2D eigenvalue weighted by atomic mass is 19.2. The number of hydrogen-bond donors (Lipinski definition) is 2. The molecule has 2 fully saturated rings. The van der Waals surface area contributed by atoms with Gasteiger partial charge >= 0.3 is 5.97 Å². The number of nitrogens with zero attached hydrogens (tertiary/aromatic N) is 3. The Labute approximate surface area is 208 Å². The van der Waals surface area contributed by atoms with Crippen molar-refractivity contribution < 1.29 is 47.1 Å². The van der Waals surface area contributed by atoms with Gasteiger partial charge in [0.1, 0.15) is 36.2 Å². The molecule has 0 radical (unpaired) electrons. The molecule has 3 heterocycles. The van der Waals surface area contributed by atoms with Gasteiger partial charge in [-0.3, -0.25) is 0 Å². The first-order chi connectivity index (χ1) is 17.8. The summed E-state index contributed by atoms with van der Waals surface area (Å²) < 4.78 is 64.5. The molecule has 0 amide bonds. The summed E-state index contributed by atoms with van der Waals surface area (Å²) in [5.74, 6) is -5.47. The first-order valence-corrected chi connectivity index (χ1v) is 11.3. The van der Waals surface area contributed by atoms with Gasteiger partial charge in [-0.2, -0.15) is 0 Å². The summed E-state index contributed by atoms with van der Waals surface area (Å²) in [5, 5.41) is 29.6. The first kappa shape index (κ1) is 25.3. The van der Waals surface area contributed by atoms with Crippen LogP contribution in [0.4, 0.5) is 13.2 Å². The number of rotatable bonds is 5. The van der Waals surface area contributed by atoms with E-state index in [-0.39, 0.29) is 17.9 Å². The lowest BCUT2D eigenvalue weighted by molar-refractivity contribution is -0.323. The number of ether oxygens (including phenoxy) is 4. The van der Waals surface area contributed by atoms with Crippen LogP contribution < -0.4 is 0 Å². The van der Waals surface area contributed by atoms with Crippen LogP contribution in [0.1, 0.15) is 17.9 Å². The SMILES string of the molecule is COC(=O)[C@@H](O)C1OC2COC(c3ccccc3)O[C@@H]2C(n2cc(-c3cc(F)c(F)c(F)c3)nn2)C1O. The van der Waals surface area contributed by atoms with Crippen molar-refractivity contribution in [1.82, 2.24) is 15.0 Å². The highest BCUT2D eigenvalue weighted by molar-refractivity contribution is 5.75. The smallest absolute Gasteiger partial charge is 0.337 e. The maximum absolute atomic E-state index is 13.8. The summed E-state index contributed by atoms with van der Waals surface area (Å²) in [6.07, 6.45) is -6.18. The number of benzene rings is 2. The van der Waals surface area contributed by atoms with Crippen molar-refractivity contribution in [3.8, 4) is 11.3 Å². The minimum Gasteiger partial charge on any atom is -0.467 e. The van der Waals surface area contributed by atoms with E-state index in [1.807, 2.05) is 6.07 Å². The molecule has 37 heavy (non-hydrogen) atoms. The Morgan fingerprint density at radius 2 is 1.86 bits per heavy atom. The third-order valence-corrected chi connectivity index (χ3v) is 6.34. The summed E-state index contributed by atoms with van der Waals surface area (Å²) in [5.41, 5.74) is 0.578. The van der Waals surface area contributed by atoms with Gasteiger partial charge in [-0.15, -0.1) is 5.10 Å². The van der Waals surface area contributed by atoms with Gasteiger partial charge in [-0.1, -0.05) is 35.5 Å². The molecule has 13 heteroatoms. The Bertz CT molecular complexity index is 1250. The van der Waals surface area contributed by atoms with Gasteiger partial charge in [0, 0.05) is 11.1 Å². The van der Waals surface area contributed by atoms with Crippen LogP contribution in [0.15, 0.2) is 48.7 Å². The molecule has 196 valence electrons. The fourth-order valence-corrected chi connectivity index (χ4v) is 4.50. The second kappa shape index (κ2) is 10.2. The van der Waals surface area contributed by atoms with E-state index in [9.17, 15) is 28.2 Å². The van der Waals surface area contributed by atoms with Crippen LogP contribution in [0, 0.1) is 17.5 Å². The van der Waals surface area contributed by atoms with E-state index in [2.05, 4.69) is 15.0 Å². The summed E-state index contributed by atoms with van der Waals surface area (Å²) in [6, 6.07) is 9.42. The van der Waals surface area contributed by atoms with Crippen molar-refractivity contribution in [2.24, 2.45) is 0 Å². The standard InChI is InChI=1S/C24H22F3N3O7/c1-34-23(33)20(32)22-19(31)18(21-16(36-22)10-35-24(37-21)11-5-3-2-4-6-11)30-9-15(28-29-30)12-7-13(25)17(27)14(26)8-12/h2-9,16,18-22,24,31-32H,10H2,1H3/t16?,18?,19?,20-,21-,22?,24?/m0/s1. The topological polar surface area (TPSA) is 125 Å². The number of aromatic nitrogens is 3. The number of hydrogen-bond acceptors (Lipinski definition) is 9. The molecule has 2 saturated heterocycles. The minimum atomic E-state index is -1.85. The zero-order valence-electron chi connectivity index (χ0n) is 19.3. The van der Waals surface area contributed by atoms with E-state index in [1.165, 1.54) is 10.9 Å². The quantitative estimate of drug-likeness (QED) is 0.381. The summed E-state index contributed by atoms with van der Waals surface area (Å²) in [7, 11) is 1.07. The number of carbonyl (C=O) groups is 1. The maximum Gasteiger partial charge on any atom is 0.337 e. The highest BCUT2D eigenvalue weighted by Crippen LogP contribution is 2.40. The lowest BCUT2D eigenvalue weighted by atomic mass is 9.89. The van der Waals surface area contributed by atoms with E-state index >= 15 is 0 Å². The monoisotopic (exact) mass is 521 g/mol. The van der Waals surface area contributed by atoms with Gasteiger partial charge in [-0.25, -0.2) is 22.6 Å². The average molecular weight is 521 g/mol. The van der Waals surface area contributed by atoms with Crippen LogP contribution in [0.3, 0.4) is 0 Å². The van der Waals surface area contributed by atoms with Crippen LogP contribution >= 0.6 is 0 Å². The molecule has 0 aliphatic carbocycles. The minimum absolute atomic E-state index is 0.0201. The predicted molar refractivity (Wildman–Crippen MR) is 117 cm³/mol. The molecule has 7 atom stereocenters. The van der Waals surface area contributed by atoms with E-state index in [4.69, 9.17) is 14.2 Å². The van der Waals surface area contributed by atoms with Gasteiger partial charge in [0.15, 0.2) is 29.8 Å². The molecule has 2 aliphatic heterocycles. The number of fused-ring (bicyclic) bond motifs is 1. The fraction of sp³-hybridized carbons (Fsp3) is 0.375. The molecular formula is C24H22F3N3O7. The molecule has 0 saturated carbocycles. The molecule has 2 aromatic carbocycles. The van der Waals surface area contributed by atoms with Crippen molar-refractivity contribution in [2.75, 3.05) is 13.7 Å². The van der Waals surface area contributed by atoms with E-state index in [1.54, 1.807) is 24.3 Å². The lowest BCUT2D eigenvalue weighted by Crippen LogP contribution is -2.62. The number of esters is 1. The molecule has 2 aliphatic rings. The molecule has 5 rings (SSSR count). The lowest BCUT2D eigenvalue weighted by Gasteiger charge is -2.48. The number of aliphatic hydroxyl groups excluding tert-OH is 2. The predicted octanol–water partition coefficient (Wildman–Crippen LogP) is 1.68. The van der Waals surface area contributed by atoms with E-state index < -0.39 is 66.3 Å². The maximum atomic E-state index is 13.8. The molecule has 0 spiro atoms. The number of aliphatic hydroxyl groups is 2. The molecule has 0 bridgehead atoms. The zero-order chi connectivity index (χ0) is 26.3. The fourth-order valence-electron chi connectivity index (χ4n) is 4.50. The van der Waals surface area contributed by atoms with E-state index in [0.29, 0.717) is 5.56 Å². The van der Waals surface area contributed by atoms with Gasteiger partial charge < -0.3 is 29.2 Å². The Morgan fingerprint density at radius 1 is 1.16 bits per heavy atom. The molecule has 3 aromatic rings.